The standard InChI is InChI=1S/C22H24N2O6/c1-29-11-3-10-24-21(27)17-9-6-15(12-18(17)22(24)28)20(26)23-13-19(25)14-4-7-16(30-2)8-5-14/h4-9,12,19,25H,3,10-11,13H2,1-2H3,(H,23,26). The highest BCUT2D eigenvalue weighted by atomic mass is 16.5. The molecule has 8 heteroatoms. The minimum Gasteiger partial charge on any atom is -0.497 e. The Morgan fingerprint density at radius 1 is 1.07 bits per heavy atom. The molecule has 0 radical (unpaired) electrons. The summed E-state index contributed by atoms with van der Waals surface area (Å²) in [5.41, 5.74) is 1.38. The van der Waals surface area contributed by atoms with Crippen molar-refractivity contribution in [2.24, 2.45) is 0 Å². The lowest BCUT2D eigenvalue weighted by molar-refractivity contribution is 0.0638. The van der Waals surface area contributed by atoms with Crippen LogP contribution in [0.4, 0.5) is 0 Å². The number of hydrogen-bond donors (Lipinski definition) is 2. The summed E-state index contributed by atoms with van der Waals surface area (Å²) in [6.45, 7) is 0.700. The Kier molecular flexibility index (Phi) is 6.81. The second-order valence-corrected chi connectivity index (χ2v) is 6.87. The van der Waals surface area contributed by atoms with E-state index in [9.17, 15) is 19.5 Å². The second-order valence-electron chi connectivity index (χ2n) is 6.87. The molecule has 2 aromatic carbocycles. The van der Waals surface area contributed by atoms with Gasteiger partial charge in [-0.1, -0.05) is 12.1 Å². The topological polar surface area (TPSA) is 105 Å². The van der Waals surface area contributed by atoms with E-state index in [1.54, 1.807) is 38.5 Å². The van der Waals surface area contributed by atoms with Crippen LogP contribution in [0.15, 0.2) is 42.5 Å². The number of amides is 3. The number of imide groups is 1. The van der Waals surface area contributed by atoms with E-state index in [-0.39, 0.29) is 35.7 Å². The molecule has 1 unspecified atom stereocenters. The normalized spacial score (nSPS) is 13.9. The number of rotatable bonds is 9. The van der Waals surface area contributed by atoms with Crippen LogP contribution in [0.3, 0.4) is 0 Å². The maximum atomic E-state index is 12.6. The second kappa shape index (κ2) is 9.51. The average molecular weight is 412 g/mol. The molecule has 2 aromatic rings. The summed E-state index contributed by atoms with van der Waals surface area (Å²) < 4.78 is 10.0. The molecule has 0 saturated carbocycles. The van der Waals surface area contributed by atoms with Crippen LogP contribution >= 0.6 is 0 Å². The van der Waals surface area contributed by atoms with Crippen molar-refractivity contribution in [3.63, 3.8) is 0 Å². The molecule has 0 aliphatic carbocycles. The van der Waals surface area contributed by atoms with E-state index in [0.29, 0.717) is 24.3 Å². The lowest BCUT2D eigenvalue weighted by Crippen LogP contribution is -2.31. The molecule has 1 aliphatic rings. The van der Waals surface area contributed by atoms with Crippen LogP contribution in [0.25, 0.3) is 0 Å². The Labute approximate surface area is 174 Å². The first-order valence-electron chi connectivity index (χ1n) is 9.55. The molecule has 0 aromatic heterocycles. The third-order valence-electron chi connectivity index (χ3n) is 4.92. The summed E-state index contributed by atoms with van der Waals surface area (Å²) in [5, 5.41) is 12.9. The number of carbonyl (C=O) groups excluding carboxylic acids is 3. The Morgan fingerprint density at radius 3 is 2.43 bits per heavy atom. The van der Waals surface area contributed by atoms with Gasteiger partial charge in [-0.3, -0.25) is 19.3 Å². The van der Waals surface area contributed by atoms with Gasteiger partial charge < -0.3 is 19.9 Å². The first-order chi connectivity index (χ1) is 14.5. The number of ether oxygens (including phenoxy) is 2. The predicted molar refractivity (Wildman–Crippen MR) is 109 cm³/mol. The summed E-state index contributed by atoms with van der Waals surface area (Å²) in [6, 6.07) is 11.3. The number of carbonyl (C=O) groups is 3. The molecule has 8 nitrogen and oxygen atoms in total. The van der Waals surface area contributed by atoms with Crippen molar-refractivity contribution in [1.29, 1.82) is 0 Å². The molecule has 1 atom stereocenters. The first kappa shape index (κ1) is 21.5. The minimum atomic E-state index is -0.895. The predicted octanol–water partition coefficient (Wildman–Crippen LogP) is 1.79. The van der Waals surface area contributed by atoms with Gasteiger partial charge in [0.05, 0.1) is 24.3 Å². The van der Waals surface area contributed by atoms with Gasteiger partial charge in [0, 0.05) is 32.4 Å². The lowest BCUT2D eigenvalue weighted by Gasteiger charge is -2.13. The Balaban J connectivity index is 1.64. The van der Waals surface area contributed by atoms with Gasteiger partial charge in [0.2, 0.25) is 0 Å². The monoisotopic (exact) mass is 412 g/mol. The zero-order valence-corrected chi connectivity index (χ0v) is 16.9. The van der Waals surface area contributed by atoms with Crippen molar-refractivity contribution in [3.8, 4) is 5.75 Å². The summed E-state index contributed by atoms with van der Waals surface area (Å²) >= 11 is 0. The van der Waals surface area contributed by atoms with Crippen LogP contribution in [0, 0.1) is 0 Å². The summed E-state index contributed by atoms with van der Waals surface area (Å²) in [6.07, 6.45) is -0.354. The molecular weight excluding hydrogens is 388 g/mol. The van der Waals surface area contributed by atoms with Crippen molar-refractivity contribution in [2.45, 2.75) is 12.5 Å². The van der Waals surface area contributed by atoms with Crippen LogP contribution in [0.2, 0.25) is 0 Å². The quantitative estimate of drug-likeness (QED) is 0.481. The van der Waals surface area contributed by atoms with Gasteiger partial charge in [-0.05, 0) is 42.3 Å². The van der Waals surface area contributed by atoms with Gasteiger partial charge in [-0.2, -0.15) is 0 Å². The molecule has 0 saturated heterocycles. The number of nitrogens with zero attached hydrogens (tertiary/aromatic N) is 1. The molecular formula is C22H24N2O6. The lowest BCUT2D eigenvalue weighted by atomic mass is 10.0. The average Bonchev–Trinajstić information content (AvgIpc) is 3.01. The number of nitrogens with one attached hydrogen (secondary N) is 1. The molecule has 0 spiro atoms. The number of hydrogen-bond acceptors (Lipinski definition) is 6. The van der Waals surface area contributed by atoms with Gasteiger partial charge in [0.1, 0.15) is 5.75 Å². The van der Waals surface area contributed by atoms with Crippen molar-refractivity contribution in [1.82, 2.24) is 10.2 Å². The van der Waals surface area contributed by atoms with Gasteiger partial charge in [-0.15, -0.1) is 0 Å². The maximum Gasteiger partial charge on any atom is 0.261 e. The van der Waals surface area contributed by atoms with Crippen molar-refractivity contribution in [2.75, 3.05) is 33.9 Å². The molecule has 2 N–H and O–H groups in total. The Bertz CT molecular complexity index is 941. The molecule has 158 valence electrons. The smallest absolute Gasteiger partial charge is 0.261 e. The molecule has 3 amide bonds. The van der Waals surface area contributed by atoms with Gasteiger partial charge in [0.15, 0.2) is 0 Å². The first-order valence-corrected chi connectivity index (χ1v) is 9.55. The summed E-state index contributed by atoms with van der Waals surface area (Å²) in [4.78, 5) is 38.6. The molecule has 0 bridgehead atoms. The van der Waals surface area contributed by atoms with Gasteiger partial charge in [-0.25, -0.2) is 0 Å². The van der Waals surface area contributed by atoms with E-state index in [2.05, 4.69) is 5.32 Å². The van der Waals surface area contributed by atoms with Gasteiger partial charge >= 0.3 is 0 Å². The number of fused-ring (bicyclic) bond motifs is 1. The highest BCUT2D eigenvalue weighted by Gasteiger charge is 2.35. The highest BCUT2D eigenvalue weighted by Crippen LogP contribution is 2.24. The van der Waals surface area contributed by atoms with E-state index in [4.69, 9.17) is 9.47 Å². The van der Waals surface area contributed by atoms with Crippen LogP contribution in [-0.2, 0) is 4.74 Å². The largest absolute Gasteiger partial charge is 0.497 e. The zero-order chi connectivity index (χ0) is 21.7. The number of methoxy groups -OCH3 is 2. The number of aliphatic hydroxyl groups is 1. The van der Waals surface area contributed by atoms with Crippen LogP contribution in [-0.4, -0.2) is 61.6 Å². The van der Waals surface area contributed by atoms with Crippen LogP contribution < -0.4 is 10.1 Å². The fraction of sp³-hybridized carbons (Fsp3) is 0.318. The molecule has 0 fully saturated rings. The Morgan fingerprint density at radius 2 is 1.77 bits per heavy atom. The van der Waals surface area contributed by atoms with Crippen LogP contribution in [0.5, 0.6) is 5.75 Å². The van der Waals surface area contributed by atoms with Crippen molar-refractivity contribution in [3.05, 3.63) is 64.7 Å². The fourth-order valence-electron chi connectivity index (χ4n) is 3.24. The fourth-order valence-corrected chi connectivity index (χ4v) is 3.24. The number of benzene rings is 2. The molecule has 30 heavy (non-hydrogen) atoms. The van der Waals surface area contributed by atoms with E-state index < -0.39 is 17.9 Å². The van der Waals surface area contributed by atoms with Crippen molar-refractivity contribution >= 4 is 17.7 Å². The third-order valence-corrected chi connectivity index (χ3v) is 4.92. The molecule has 1 heterocycles. The SMILES string of the molecule is COCCCN1C(=O)c2ccc(C(=O)NCC(O)c3ccc(OC)cc3)cc2C1=O. The molecule has 1 aliphatic heterocycles. The van der Waals surface area contributed by atoms with E-state index >= 15 is 0 Å². The maximum absolute atomic E-state index is 12.6. The van der Waals surface area contributed by atoms with E-state index in [1.165, 1.54) is 23.1 Å². The highest BCUT2D eigenvalue weighted by molar-refractivity contribution is 6.22. The van der Waals surface area contributed by atoms with E-state index in [0.717, 1.165) is 0 Å². The zero-order valence-electron chi connectivity index (χ0n) is 16.9. The summed E-state index contributed by atoms with van der Waals surface area (Å²) in [7, 11) is 3.11. The van der Waals surface area contributed by atoms with E-state index in [1.807, 2.05) is 0 Å². The summed E-state index contributed by atoms with van der Waals surface area (Å²) in [5.74, 6) is -0.556. The van der Waals surface area contributed by atoms with Gasteiger partial charge in [0.25, 0.3) is 17.7 Å². The van der Waals surface area contributed by atoms with Crippen LogP contribution in [0.1, 0.15) is 49.2 Å². The Hall–Kier alpha value is -3.23. The number of aliphatic hydroxyl groups excluding tert-OH is 1. The third kappa shape index (κ3) is 4.50. The minimum absolute atomic E-state index is 0.00172. The van der Waals surface area contributed by atoms with Crippen molar-refractivity contribution < 1.29 is 29.0 Å². The molecule has 3 rings (SSSR count).